The number of halogens is 8. The lowest BCUT2D eigenvalue weighted by Crippen LogP contribution is -2.48. The second kappa shape index (κ2) is 21.7. The highest BCUT2D eigenvalue weighted by Crippen LogP contribution is 2.52. The fourth-order valence-electron chi connectivity index (χ4n) is 9.75. The topological polar surface area (TPSA) is 139 Å². The van der Waals surface area contributed by atoms with E-state index in [1.54, 1.807) is 31.2 Å². The molecule has 0 bridgehead atoms. The van der Waals surface area contributed by atoms with Crippen molar-refractivity contribution in [1.82, 2.24) is 0 Å². The van der Waals surface area contributed by atoms with Crippen LogP contribution in [0.15, 0.2) is 146 Å². The zero-order chi connectivity index (χ0) is 58.0. The maximum atomic E-state index is 13.7. The first-order valence-electron chi connectivity index (χ1n) is 24.4. The number of benzene rings is 6. The molecule has 0 spiro atoms. The van der Waals surface area contributed by atoms with Gasteiger partial charge in [-0.15, -0.1) is 34.0 Å². The van der Waals surface area contributed by atoms with Gasteiger partial charge in [0.1, 0.15) is 73.3 Å². The van der Waals surface area contributed by atoms with Crippen molar-refractivity contribution < 1.29 is 50.7 Å². The molecule has 0 aliphatic carbocycles. The summed E-state index contributed by atoms with van der Waals surface area (Å²) < 4.78 is 67.9. The van der Waals surface area contributed by atoms with E-state index in [0.717, 1.165) is 39.6 Å². The van der Waals surface area contributed by atoms with Gasteiger partial charge in [0, 0.05) is 16.7 Å². The molecule has 3 aromatic heterocycles. The highest BCUT2D eigenvalue weighted by Gasteiger charge is 2.52. The zero-order valence-electron chi connectivity index (χ0n) is 42.6. The van der Waals surface area contributed by atoms with Crippen molar-refractivity contribution in [3.05, 3.63) is 227 Å². The molecule has 408 valence electrons. The molecule has 3 aliphatic heterocycles. The molecule has 3 amide bonds. The van der Waals surface area contributed by atoms with Crippen LogP contribution in [0.2, 0.25) is 13.0 Å². The van der Waals surface area contributed by atoms with E-state index in [2.05, 4.69) is 16.0 Å². The molecule has 6 aromatic carbocycles. The van der Waals surface area contributed by atoms with Crippen LogP contribution >= 0.6 is 68.8 Å². The summed E-state index contributed by atoms with van der Waals surface area (Å²) in [6.45, 7) is 6.53. The first-order valence-corrected chi connectivity index (χ1v) is 28.0. The van der Waals surface area contributed by atoms with Crippen LogP contribution in [0, 0.1) is 36.0 Å². The normalized spacial score (nSPS) is 19.0. The second-order valence-corrected chi connectivity index (χ2v) is 24.4. The van der Waals surface area contributed by atoms with Gasteiger partial charge in [0.15, 0.2) is 17.3 Å². The first kappa shape index (κ1) is 56.6. The fraction of sp³-hybridized carbons (Fsp3) is 0.115. The van der Waals surface area contributed by atoms with Crippen molar-refractivity contribution in [3.63, 3.8) is 0 Å². The summed E-state index contributed by atoms with van der Waals surface area (Å²) in [6, 6.07) is 35.0. The van der Waals surface area contributed by atoms with Gasteiger partial charge in [-0.1, -0.05) is 125 Å². The Morgan fingerprint density at radius 3 is 0.951 bits per heavy atom. The maximum absolute atomic E-state index is 13.7. The van der Waals surface area contributed by atoms with Crippen molar-refractivity contribution >= 4 is 119 Å². The monoisotopic (exact) mass is 1210 g/mol. The van der Waals surface area contributed by atoms with E-state index in [-0.39, 0.29) is 34.2 Å². The number of carbonyl (C=O) groups is 6. The number of anilines is 3. The minimum Gasteiger partial charge on any atom is -0.316 e. The van der Waals surface area contributed by atoms with Crippen LogP contribution in [0.25, 0.3) is 33.4 Å². The molecule has 0 fully saturated rings. The maximum Gasteiger partial charge on any atom is 0.243 e. The van der Waals surface area contributed by atoms with Gasteiger partial charge in [-0.3, -0.25) is 28.8 Å². The number of rotatable bonds is 6. The minimum atomic E-state index is -1.60. The number of fused-ring (bicyclic) bond motifs is 3. The Balaban J connectivity index is 0.000000136. The highest BCUT2D eigenvalue weighted by atomic mass is 35.5. The third kappa shape index (κ3) is 9.89. The molecule has 6 heterocycles. The summed E-state index contributed by atoms with van der Waals surface area (Å²) in [6.07, 6.45) is 0. The predicted molar refractivity (Wildman–Crippen MR) is 309 cm³/mol. The summed E-state index contributed by atoms with van der Waals surface area (Å²) in [7, 11) is 0. The lowest BCUT2D eigenvalue weighted by atomic mass is 9.73. The predicted octanol–water partition coefficient (Wildman–Crippen LogP) is 16.5. The Bertz CT molecular complexity index is 3900. The molecule has 0 saturated carbocycles. The largest absolute Gasteiger partial charge is 0.316 e. The van der Waals surface area contributed by atoms with Gasteiger partial charge in [0.2, 0.25) is 17.7 Å². The molecular weight excluding hydrogens is 1170 g/mol. The van der Waals surface area contributed by atoms with Crippen molar-refractivity contribution in [1.29, 1.82) is 0 Å². The number of Topliss-reactive ketones (excluding diaryl/α,β-unsaturated/α-hetero) is 3. The van der Waals surface area contributed by atoms with Crippen LogP contribution < -0.4 is 16.0 Å². The molecule has 3 atom stereocenters. The molecule has 20 heteroatoms. The molecule has 0 radical (unpaired) electrons. The highest BCUT2D eigenvalue weighted by molar-refractivity contribution is 7.22. The zero-order valence-corrected chi connectivity index (χ0v) is 47.3. The third-order valence-electron chi connectivity index (χ3n) is 14.5. The van der Waals surface area contributed by atoms with Gasteiger partial charge in [-0.2, -0.15) is 0 Å². The third-order valence-corrected chi connectivity index (χ3v) is 18.5. The van der Waals surface area contributed by atoms with Crippen LogP contribution in [-0.4, -0.2) is 35.1 Å². The average molecular weight is 1210 g/mol. The van der Waals surface area contributed by atoms with Gasteiger partial charge < -0.3 is 16.0 Å². The van der Waals surface area contributed by atoms with E-state index in [4.69, 9.17) is 34.8 Å². The SMILES string of the molecule is CC1(c2ccc(F)cc2)C(=O)Nc2sc(Cl)c(-c3ccc(F)cc3)c2C1=O.CC1(c2cccc(F)c2)C(=O)Nc2sc(Cl)c(-c3ccc(F)cc3)c2C1=O.Cc1ccc(C2(C)C(=O)Nc3sc(Cl)c(-c4ccc(F)cc4)c3C2=O)cc1. The van der Waals surface area contributed by atoms with Gasteiger partial charge >= 0.3 is 0 Å². The molecule has 3 N–H and O–H groups in total. The van der Waals surface area contributed by atoms with Gasteiger partial charge in [0.05, 0.1) is 16.7 Å². The van der Waals surface area contributed by atoms with Crippen molar-refractivity contribution in [2.45, 2.75) is 43.9 Å². The Labute approximate surface area is 486 Å². The molecule has 81 heavy (non-hydrogen) atoms. The van der Waals surface area contributed by atoms with Crippen LogP contribution in [0.1, 0.15) is 74.1 Å². The summed E-state index contributed by atoms with van der Waals surface area (Å²) in [4.78, 5) is 78.8. The molecule has 9 aromatic rings. The van der Waals surface area contributed by atoms with E-state index in [1.807, 2.05) is 19.1 Å². The van der Waals surface area contributed by atoms with Crippen molar-refractivity contribution in [2.75, 3.05) is 16.0 Å². The first-order chi connectivity index (χ1) is 38.5. The number of carbonyl (C=O) groups excluding carboxylic acids is 6. The summed E-state index contributed by atoms with van der Waals surface area (Å²) in [5, 5.41) is 9.42. The molecule has 12 rings (SSSR count). The lowest BCUT2D eigenvalue weighted by Gasteiger charge is -2.32. The fourth-order valence-corrected chi connectivity index (χ4v) is 13.9. The summed E-state index contributed by atoms with van der Waals surface area (Å²) in [5.41, 5.74) is 1.89. The number of hydrogen-bond donors (Lipinski definition) is 3. The van der Waals surface area contributed by atoms with E-state index in [1.165, 1.54) is 123 Å². The Kier molecular flexibility index (Phi) is 15.2. The number of hydrogen-bond acceptors (Lipinski definition) is 9. The lowest BCUT2D eigenvalue weighted by molar-refractivity contribution is -0.120. The second-order valence-electron chi connectivity index (χ2n) is 19.5. The number of aryl methyl sites for hydroxylation is 1. The molecule has 9 nitrogen and oxygen atoms in total. The van der Waals surface area contributed by atoms with Crippen LogP contribution in [-0.2, 0) is 30.6 Å². The molecular formula is C61H39Cl3F5N3O6S3. The Morgan fingerprint density at radius 2 is 0.642 bits per heavy atom. The number of ketones is 3. The van der Waals surface area contributed by atoms with Gasteiger partial charge in [0.25, 0.3) is 0 Å². The number of nitrogens with one attached hydrogen (secondary N) is 3. The Morgan fingerprint density at radius 1 is 0.358 bits per heavy atom. The summed E-state index contributed by atoms with van der Waals surface area (Å²) >= 11 is 22.4. The molecule has 0 saturated heterocycles. The van der Waals surface area contributed by atoms with Gasteiger partial charge in [-0.05, 0) is 122 Å². The minimum absolute atomic E-state index is 0.253. The van der Waals surface area contributed by atoms with E-state index in [9.17, 15) is 50.7 Å². The van der Waals surface area contributed by atoms with Crippen LogP contribution in [0.4, 0.5) is 37.0 Å². The molecule has 3 aliphatic rings. The number of thiophene rings is 3. The standard InChI is InChI=1S/C21H15ClFNO2S.2C20H12ClF2NO2S/c1-11-3-7-13(8-4-11)21(2)17(25)16-15(12-5-9-14(23)10-6-12)18(22)27-19(16)24-20(21)26;1-20(11-4-8-13(23)9-5-11)16(25)15-14(10-2-6-12(22)7-3-10)17(21)27-18(15)24-19(20)26;1-20(11-3-2-4-13(23)9-11)16(25)15-14(10-5-7-12(22)8-6-10)17(21)27-18(15)24-19(20)26/h3-10H,1-2H3,(H,24,26);2*2-9H,1H3,(H,24,26). The quantitative estimate of drug-likeness (QED) is 0.112. The average Bonchev–Trinajstić information content (AvgIpc) is 2.76. The van der Waals surface area contributed by atoms with Crippen molar-refractivity contribution in [2.24, 2.45) is 0 Å². The smallest absolute Gasteiger partial charge is 0.243 e. The number of amides is 3. The van der Waals surface area contributed by atoms with Crippen LogP contribution in [0.3, 0.4) is 0 Å². The Hall–Kier alpha value is -7.64. The van der Waals surface area contributed by atoms with E-state index < -0.39 is 62.9 Å². The van der Waals surface area contributed by atoms with E-state index in [0.29, 0.717) is 78.1 Å². The van der Waals surface area contributed by atoms with E-state index >= 15 is 0 Å². The van der Waals surface area contributed by atoms with Crippen molar-refractivity contribution in [3.8, 4) is 33.4 Å². The molecule has 3 unspecified atom stereocenters. The van der Waals surface area contributed by atoms with Crippen LogP contribution in [0.5, 0.6) is 0 Å². The summed E-state index contributed by atoms with van der Waals surface area (Å²) in [5.74, 6) is -4.85. The van der Waals surface area contributed by atoms with Gasteiger partial charge in [-0.25, -0.2) is 22.0 Å².